The summed E-state index contributed by atoms with van der Waals surface area (Å²) >= 11 is 0. The van der Waals surface area contributed by atoms with Crippen LogP contribution in [0.15, 0.2) is 36.7 Å². The molecule has 0 aromatic carbocycles. The van der Waals surface area contributed by atoms with Gasteiger partial charge < -0.3 is 4.40 Å². The van der Waals surface area contributed by atoms with Crippen LogP contribution in [0.4, 0.5) is 0 Å². The molecule has 2 rings (SSSR count). The first kappa shape index (κ1) is 8.85. The molecule has 0 fully saturated rings. The highest BCUT2D eigenvalue weighted by Crippen LogP contribution is 2.08. The van der Waals surface area contributed by atoms with Crippen LogP contribution in [0.1, 0.15) is 19.4 Å². The van der Waals surface area contributed by atoms with E-state index in [1.54, 1.807) is 0 Å². The van der Waals surface area contributed by atoms with Gasteiger partial charge in [0.15, 0.2) is 0 Å². The van der Waals surface area contributed by atoms with Crippen LogP contribution >= 0.6 is 0 Å². The minimum atomic E-state index is 1.29. The molecule has 12 heavy (non-hydrogen) atoms. The van der Waals surface area contributed by atoms with Gasteiger partial charge in [-0.2, -0.15) is 0 Å². The van der Waals surface area contributed by atoms with Gasteiger partial charge >= 0.3 is 0 Å². The molecule has 0 N–H and O–H groups in total. The summed E-state index contributed by atoms with van der Waals surface area (Å²) in [5.41, 5.74) is 2.62. The first-order valence-electron chi connectivity index (χ1n) is 4.40. The van der Waals surface area contributed by atoms with Crippen molar-refractivity contribution < 1.29 is 0 Å². The maximum absolute atomic E-state index is 2.12. The normalized spacial score (nSPS) is 9.25. The Hall–Kier alpha value is -1.24. The molecule has 0 radical (unpaired) electrons. The smallest absolute Gasteiger partial charge is 0.0479 e. The number of hydrogen-bond acceptors (Lipinski definition) is 0. The number of aromatic nitrogens is 1. The molecule has 0 saturated carbocycles. The lowest BCUT2D eigenvalue weighted by molar-refractivity contribution is 1.18. The second-order valence-electron chi connectivity index (χ2n) is 2.49. The number of pyridine rings is 1. The number of nitrogens with zero attached hydrogens (tertiary/aromatic N) is 1. The molecule has 2 heterocycles. The molecule has 1 nitrogen and oxygen atoms in total. The summed E-state index contributed by atoms with van der Waals surface area (Å²) < 4.78 is 2.12. The van der Waals surface area contributed by atoms with E-state index in [0.29, 0.717) is 0 Å². The van der Waals surface area contributed by atoms with Crippen LogP contribution in [-0.2, 0) is 0 Å². The van der Waals surface area contributed by atoms with E-state index in [1.165, 1.54) is 11.1 Å². The lowest BCUT2D eigenvalue weighted by Gasteiger charge is -1.95. The van der Waals surface area contributed by atoms with E-state index in [0.717, 1.165) is 0 Å². The van der Waals surface area contributed by atoms with Gasteiger partial charge in [0.1, 0.15) is 0 Å². The minimum absolute atomic E-state index is 1.29. The van der Waals surface area contributed by atoms with Crippen molar-refractivity contribution in [3.63, 3.8) is 0 Å². The lowest BCUT2D eigenvalue weighted by Crippen LogP contribution is -1.81. The van der Waals surface area contributed by atoms with Crippen molar-refractivity contribution in [3.8, 4) is 0 Å². The van der Waals surface area contributed by atoms with Gasteiger partial charge in [0.05, 0.1) is 0 Å². The molecule has 0 unspecified atom stereocenters. The van der Waals surface area contributed by atoms with Gasteiger partial charge in [0, 0.05) is 17.9 Å². The molecular formula is C11H15N. The molecule has 64 valence electrons. The average Bonchev–Trinajstić information content (AvgIpc) is 2.57. The molecule has 0 aliphatic heterocycles. The van der Waals surface area contributed by atoms with E-state index in [2.05, 4.69) is 48.0 Å². The Bertz CT molecular complexity index is 347. The zero-order valence-corrected chi connectivity index (χ0v) is 7.91. The molecule has 0 saturated heterocycles. The van der Waals surface area contributed by atoms with Crippen LogP contribution in [0.5, 0.6) is 0 Å². The Labute approximate surface area is 73.7 Å². The maximum Gasteiger partial charge on any atom is 0.0479 e. The van der Waals surface area contributed by atoms with E-state index < -0.39 is 0 Å². The van der Waals surface area contributed by atoms with Crippen LogP contribution in [0, 0.1) is 6.92 Å². The Kier molecular flexibility index (Phi) is 2.92. The molecule has 0 spiro atoms. The third kappa shape index (κ3) is 1.50. The van der Waals surface area contributed by atoms with Crippen molar-refractivity contribution in [2.75, 3.05) is 0 Å². The van der Waals surface area contributed by atoms with Gasteiger partial charge in [-0.3, -0.25) is 0 Å². The van der Waals surface area contributed by atoms with Crippen LogP contribution in [0.25, 0.3) is 5.52 Å². The molecule has 0 aliphatic rings. The Morgan fingerprint density at radius 2 is 1.58 bits per heavy atom. The summed E-state index contributed by atoms with van der Waals surface area (Å²) in [5.74, 6) is 0. The van der Waals surface area contributed by atoms with Gasteiger partial charge in [-0.25, -0.2) is 0 Å². The third-order valence-electron chi connectivity index (χ3n) is 1.78. The van der Waals surface area contributed by atoms with E-state index in [-0.39, 0.29) is 0 Å². The van der Waals surface area contributed by atoms with Gasteiger partial charge in [0.25, 0.3) is 0 Å². The average molecular weight is 161 g/mol. The predicted molar refractivity (Wildman–Crippen MR) is 53.5 cm³/mol. The molecule has 0 atom stereocenters. The first-order chi connectivity index (χ1) is 5.88. The van der Waals surface area contributed by atoms with E-state index in [9.17, 15) is 0 Å². The molecule has 2 aromatic rings. The Morgan fingerprint density at radius 1 is 1.00 bits per heavy atom. The van der Waals surface area contributed by atoms with Gasteiger partial charge in [-0.15, -0.1) is 0 Å². The molecular weight excluding hydrogens is 146 g/mol. The fourth-order valence-corrected chi connectivity index (χ4v) is 1.22. The highest BCUT2D eigenvalue weighted by atomic mass is 14.8. The summed E-state index contributed by atoms with van der Waals surface area (Å²) in [6.07, 6.45) is 4.12. The van der Waals surface area contributed by atoms with E-state index >= 15 is 0 Å². The van der Waals surface area contributed by atoms with Crippen molar-refractivity contribution in [1.82, 2.24) is 4.40 Å². The minimum Gasteiger partial charge on any atom is -0.324 e. The molecule has 0 aliphatic carbocycles. The SMILES string of the molecule is CC.Cc1cccn2cccc12. The summed E-state index contributed by atoms with van der Waals surface area (Å²) in [6.45, 7) is 6.12. The Balaban J connectivity index is 0.000000336. The van der Waals surface area contributed by atoms with Crippen LogP contribution < -0.4 is 0 Å². The Morgan fingerprint density at radius 3 is 2.17 bits per heavy atom. The van der Waals surface area contributed by atoms with Gasteiger partial charge in [-0.1, -0.05) is 19.9 Å². The molecule has 0 amide bonds. The second kappa shape index (κ2) is 3.96. The summed E-state index contributed by atoms with van der Waals surface area (Å²) in [4.78, 5) is 0. The second-order valence-corrected chi connectivity index (χ2v) is 2.49. The zero-order chi connectivity index (χ0) is 8.97. The predicted octanol–water partition coefficient (Wildman–Crippen LogP) is 3.27. The van der Waals surface area contributed by atoms with Crippen molar-refractivity contribution in [2.24, 2.45) is 0 Å². The van der Waals surface area contributed by atoms with Crippen LogP contribution in [0.2, 0.25) is 0 Å². The highest BCUT2D eigenvalue weighted by molar-refractivity contribution is 5.54. The maximum atomic E-state index is 2.12. The first-order valence-corrected chi connectivity index (χ1v) is 4.40. The molecule has 2 aromatic heterocycles. The summed E-state index contributed by atoms with van der Waals surface area (Å²) in [7, 11) is 0. The fraction of sp³-hybridized carbons (Fsp3) is 0.273. The van der Waals surface area contributed by atoms with Gasteiger partial charge in [-0.05, 0) is 30.7 Å². The summed E-state index contributed by atoms with van der Waals surface area (Å²) in [6, 6.07) is 8.36. The van der Waals surface area contributed by atoms with E-state index in [1.807, 2.05) is 13.8 Å². The quantitative estimate of drug-likeness (QED) is 0.558. The summed E-state index contributed by atoms with van der Waals surface area (Å²) in [5, 5.41) is 0. The van der Waals surface area contributed by atoms with Crippen molar-refractivity contribution in [3.05, 3.63) is 42.2 Å². The zero-order valence-electron chi connectivity index (χ0n) is 7.91. The number of rotatable bonds is 0. The van der Waals surface area contributed by atoms with E-state index in [4.69, 9.17) is 0 Å². The van der Waals surface area contributed by atoms with Crippen LogP contribution in [-0.4, -0.2) is 4.40 Å². The fourth-order valence-electron chi connectivity index (χ4n) is 1.22. The molecule has 0 bridgehead atoms. The topological polar surface area (TPSA) is 4.41 Å². The standard InChI is InChI=1S/C9H9N.C2H6/c1-8-4-2-6-10-7-3-5-9(8)10;1-2/h2-7H,1H3;1-2H3. The largest absolute Gasteiger partial charge is 0.324 e. The number of aryl methyl sites for hydroxylation is 1. The third-order valence-corrected chi connectivity index (χ3v) is 1.78. The number of hydrogen-bond donors (Lipinski definition) is 0. The monoisotopic (exact) mass is 161 g/mol. The van der Waals surface area contributed by atoms with Gasteiger partial charge in [0.2, 0.25) is 0 Å². The van der Waals surface area contributed by atoms with Crippen LogP contribution in [0.3, 0.4) is 0 Å². The van der Waals surface area contributed by atoms with Crippen molar-refractivity contribution in [1.29, 1.82) is 0 Å². The highest BCUT2D eigenvalue weighted by Gasteiger charge is 1.91. The lowest BCUT2D eigenvalue weighted by atomic mass is 10.2. The molecule has 1 heteroatoms. The number of fused-ring (bicyclic) bond motifs is 1. The van der Waals surface area contributed by atoms with Crippen molar-refractivity contribution in [2.45, 2.75) is 20.8 Å². The van der Waals surface area contributed by atoms with Crippen molar-refractivity contribution >= 4 is 5.52 Å².